The monoisotopic (exact) mass is 348 g/mol. The van der Waals surface area contributed by atoms with E-state index in [0.29, 0.717) is 19.1 Å². The minimum atomic E-state index is -0.0234. The molecule has 0 bridgehead atoms. The van der Waals surface area contributed by atoms with Gasteiger partial charge >= 0.3 is 5.69 Å². The van der Waals surface area contributed by atoms with E-state index < -0.39 is 0 Å². The van der Waals surface area contributed by atoms with Crippen LogP contribution in [0.1, 0.15) is 37.3 Å². The number of rotatable bonds is 7. The summed E-state index contributed by atoms with van der Waals surface area (Å²) in [7, 11) is 3.44. The molecule has 0 radical (unpaired) electrons. The molecule has 2 aromatic heterocycles. The van der Waals surface area contributed by atoms with Gasteiger partial charge in [0.25, 0.3) is 0 Å². The van der Waals surface area contributed by atoms with E-state index in [4.69, 9.17) is 4.74 Å². The van der Waals surface area contributed by atoms with Crippen LogP contribution in [0.3, 0.4) is 0 Å². The Hall–Kier alpha value is -1.93. The smallest absolute Gasteiger partial charge is 0.345 e. The van der Waals surface area contributed by atoms with Crippen molar-refractivity contribution in [2.24, 2.45) is 7.05 Å². The number of aromatic nitrogens is 5. The summed E-state index contributed by atoms with van der Waals surface area (Å²) >= 11 is 0. The van der Waals surface area contributed by atoms with Gasteiger partial charge in [0.15, 0.2) is 0 Å². The van der Waals surface area contributed by atoms with Crippen LogP contribution in [0.5, 0.6) is 0 Å². The molecule has 8 nitrogen and oxygen atoms in total. The molecule has 0 aromatic carbocycles. The van der Waals surface area contributed by atoms with E-state index in [1.807, 2.05) is 19.3 Å². The predicted molar refractivity (Wildman–Crippen MR) is 94.5 cm³/mol. The van der Waals surface area contributed by atoms with Gasteiger partial charge in [0.1, 0.15) is 11.6 Å². The lowest BCUT2D eigenvalue weighted by molar-refractivity contribution is 0.174. The molecule has 0 aliphatic carbocycles. The molecule has 1 aliphatic heterocycles. The third-order valence-electron chi connectivity index (χ3n) is 4.93. The second-order valence-corrected chi connectivity index (χ2v) is 6.61. The number of imidazole rings is 1. The molecule has 8 heteroatoms. The fourth-order valence-corrected chi connectivity index (χ4v) is 3.62. The van der Waals surface area contributed by atoms with Crippen molar-refractivity contribution in [3.8, 4) is 0 Å². The average Bonchev–Trinajstić information content (AvgIpc) is 3.17. The van der Waals surface area contributed by atoms with Crippen LogP contribution in [0.4, 0.5) is 0 Å². The zero-order valence-electron chi connectivity index (χ0n) is 15.4. The van der Waals surface area contributed by atoms with E-state index in [9.17, 15) is 4.79 Å². The number of hydrogen-bond donors (Lipinski definition) is 0. The minimum Gasteiger partial charge on any atom is -0.383 e. The summed E-state index contributed by atoms with van der Waals surface area (Å²) in [5, 5.41) is 4.50. The lowest BCUT2D eigenvalue weighted by Gasteiger charge is -2.32. The molecule has 0 unspecified atom stereocenters. The third kappa shape index (κ3) is 3.85. The highest BCUT2D eigenvalue weighted by molar-refractivity contribution is 5.02. The van der Waals surface area contributed by atoms with Crippen molar-refractivity contribution in [2.45, 2.75) is 45.3 Å². The van der Waals surface area contributed by atoms with E-state index in [2.05, 4.69) is 19.5 Å². The van der Waals surface area contributed by atoms with E-state index in [1.54, 1.807) is 18.7 Å². The Morgan fingerprint density at radius 1 is 1.40 bits per heavy atom. The van der Waals surface area contributed by atoms with Crippen molar-refractivity contribution in [3.05, 3.63) is 34.5 Å². The zero-order chi connectivity index (χ0) is 17.8. The SMILES string of the molecule is CCn1c([C@H]2CCCN(Cc3nccn3CCOC)C2)nn(C)c1=O. The van der Waals surface area contributed by atoms with Gasteiger partial charge in [-0.2, -0.15) is 5.10 Å². The highest BCUT2D eigenvalue weighted by atomic mass is 16.5. The molecule has 0 amide bonds. The highest BCUT2D eigenvalue weighted by Gasteiger charge is 2.27. The quantitative estimate of drug-likeness (QED) is 0.741. The Morgan fingerprint density at radius 2 is 2.24 bits per heavy atom. The van der Waals surface area contributed by atoms with Gasteiger partial charge < -0.3 is 9.30 Å². The molecule has 0 spiro atoms. The molecule has 1 aliphatic rings. The first-order valence-corrected chi connectivity index (χ1v) is 8.99. The summed E-state index contributed by atoms with van der Waals surface area (Å²) in [6.45, 7) is 6.95. The Labute approximate surface area is 148 Å². The summed E-state index contributed by atoms with van der Waals surface area (Å²) in [6.07, 6.45) is 6.03. The topological polar surface area (TPSA) is 70.1 Å². The number of methoxy groups -OCH3 is 1. The van der Waals surface area contributed by atoms with Crippen LogP contribution in [-0.4, -0.2) is 55.6 Å². The molecule has 138 valence electrons. The van der Waals surface area contributed by atoms with Gasteiger partial charge in [-0.3, -0.25) is 9.47 Å². The fourth-order valence-electron chi connectivity index (χ4n) is 3.62. The van der Waals surface area contributed by atoms with Gasteiger partial charge in [-0.25, -0.2) is 14.5 Å². The summed E-state index contributed by atoms with van der Waals surface area (Å²) < 4.78 is 10.6. The number of ether oxygens (including phenoxy) is 1. The molecule has 1 atom stereocenters. The average molecular weight is 348 g/mol. The highest BCUT2D eigenvalue weighted by Crippen LogP contribution is 2.26. The first-order valence-electron chi connectivity index (χ1n) is 8.99. The molecule has 0 saturated carbocycles. The largest absolute Gasteiger partial charge is 0.383 e. The first kappa shape index (κ1) is 17.9. The second-order valence-electron chi connectivity index (χ2n) is 6.61. The maximum atomic E-state index is 12.2. The maximum absolute atomic E-state index is 12.2. The van der Waals surface area contributed by atoms with Crippen molar-refractivity contribution in [1.29, 1.82) is 0 Å². The van der Waals surface area contributed by atoms with Crippen molar-refractivity contribution in [1.82, 2.24) is 28.8 Å². The number of hydrogen-bond acceptors (Lipinski definition) is 5. The second kappa shape index (κ2) is 7.97. The number of likely N-dealkylation sites (tertiary alicyclic amines) is 1. The van der Waals surface area contributed by atoms with E-state index in [1.165, 1.54) is 4.68 Å². The number of aryl methyl sites for hydroxylation is 1. The molecule has 1 fully saturated rings. The molecule has 25 heavy (non-hydrogen) atoms. The van der Waals surface area contributed by atoms with Gasteiger partial charge in [-0.1, -0.05) is 0 Å². The molecule has 0 N–H and O–H groups in total. The molecule has 1 saturated heterocycles. The van der Waals surface area contributed by atoms with Crippen LogP contribution in [0.2, 0.25) is 0 Å². The van der Waals surface area contributed by atoms with Crippen LogP contribution >= 0.6 is 0 Å². The van der Waals surface area contributed by atoms with Gasteiger partial charge in [0.05, 0.1) is 13.2 Å². The fraction of sp³-hybridized carbons (Fsp3) is 0.706. The van der Waals surface area contributed by atoms with Crippen LogP contribution in [0, 0.1) is 0 Å². The van der Waals surface area contributed by atoms with Crippen LogP contribution in [0.25, 0.3) is 0 Å². The first-order chi connectivity index (χ1) is 12.1. The summed E-state index contributed by atoms with van der Waals surface area (Å²) in [6, 6.07) is 0. The summed E-state index contributed by atoms with van der Waals surface area (Å²) in [5.41, 5.74) is -0.0234. The lowest BCUT2D eigenvalue weighted by Crippen LogP contribution is -2.36. The van der Waals surface area contributed by atoms with E-state index in [-0.39, 0.29) is 5.69 Å². The predicted octanol–water partition coefficient (Wildman–Crippen LogP) is 0.824. The summed E-state index contributed by atoms with van der Waals surface area (Å²) in [5.74, 6) is 2.28. The molecular weight excluding hydrogens is 320 g/mol. The van der Waals surface area contributed by atoms with Crippen molar-refractivity contribution in [3.63, 3.8) is 0 Å². The van der Waals surface area contributed by atoms with Crippen LogP contribution < -0.4 is 5.69 Å². The molecule has 3 rings (SSSR count). The van der Waals surface area contributed by atoms with Crippen molar-refractivity contribution >= 4 is 0 Å². The summed E-state index contributed by atoms with van der Waals surface area (Å²) in [4.78, 5) is 19.1. The standard InChI is InChI=1S/C17H28N6O2/c1-4-23-16(19-20(2)17(23)24)14-6-5-8-21(12-14)13-15-18-7-9-22(15)10-11-25-3/h7,9,14H,4-6,8,10-13H2,1-3H3/t14-/m0/s1. The van der Waals surface area contributed by atoms with Gasteiger partial charge in [-0.15, -0.1) is 0 Å². The Balaban J connectivity index is 1.71. The van der Waals surface area contributed by atoms with Gasteiger partial charge in [0, 0.05) is 52.1 Å². The molecule has 2 aromatic rings. The third-order valence-corrected chi connectivity index (χ3v) is 4.93. The lowest BCUT2D eigenvalue weighted by atomic mass is 9.97. The Bertz CT molecular complexity index is 747. The zero-order valence-corrected chi connectivity index (χ0v) is 15.4. The van der Waals surface area contributed by atoms with Crippen LogP contribution in [-0.2, 0) is 31.4 Å². The van der Waals surface area contributed by atoms with E-state index >= 15 is 0 Å². The van der Waals surface area contributed by atoms with Crippen molar-refractivity contribution in [2.75, 3.05) is 26.8 Å². The Kier molecular flexibility index (Phi) is 5.70. The van der Waals surface area contributed by atoms with E-state index in [0.717, 1.165) is 50.7 Å². The van der Waals surface area contributed by atoms with Gasteiger partial charge in [-0.05, 0) is 26.3 Å². The number of piperidine rings is 1. The van der Waals surface area contributed by atoms with Crippen LogP contribution in [0.15, 0.2) is 17.2 Å². The Morgan fingerprint density at radius 3 is 3.00 bits per heavy atom. The normalized spacial score (nSPS) is 18.8. The molecular formula is C17H28N6O2. The minimum absolute atomic E-state index is 0.0234. The molecule has 3 heterocycles. The van der Waals surface area contributed by atoms with Crippen molar-refractivity contribution < 1.29 is 4.74 Å². The number of nitrogens with zero attached hydrogens (tertiary/aromatic N) is 6. The van der Waals surface area contributed by atoms with Gasteiger partial charge in [0.2, 0.25) is 0 Å². The maximum Gasteiger partial charge on any atom is 0.345 e.